The van der Waals surface area contributed by atoms with Gasteiger partial charge in [0, 0.05) is 0 Å². The number of carbonyl (C=O) groups excluding carboxylic acids is 1. The number of aliphatic hydroxyl groups is 1. The van der Waals surface area contributed by atoms with Crippen LogP contribution in [-0.2, 0) is 23.4 Å². The normalized spacial score (nSPS) is 25.1. The number of hydrogen-bond donors (Lipinski definition) is 3. The summed E-state index contributed by atoms with van der Waals surface area (Å²) in [6.45, 7) is 2.22. The van der Waals surface area contributed by atoms with Crippen LogP contribution in [0.3, 0.4) is 0 Å². The van der Waals surface area contributed by atoms with E-state index in [0.717, 1.165) is 10.9 Å². The molecule has 17 heteroatoms. The zero-order valence-corrected chi connectivity index (χ0v) is 23.3. The Bertz CT molecular complexity index is 1400. The van der Waals surface area contributed by atoms with Gasteiger partial charge in [0.2, 0.25) is 5.95 Å². The van der Waals surface area contributed by atoms with Gasteiger partial charge >= 0.3 is 13.7 Å². The average Bonchev–Trinajstić information content (AvgIpc) is 3.42. The van der Waals surface area contributed by atoms with Crippen molar-refractivity contribution in [1.29, 1.82) is 0 Å². The van der Waals surface area contributed by atoms with Gasteiger partial charge in [0.15, 0.2) is 28.8 Å². The van der Waals surface area contributed by atoms with Gasteiger partial charge in [0.05, 0.1) is 19.0 Å². The Kier molecular flexibility index (Phi) is 8.93. The number of nitrogens with two attached hydrogens (primary N) is 1. The first-order chi connectivity index (χ1) is 18.9. The lowest BCUT2D eigenvalue weighted by Crippen LogP contribution is -2.48. The largest absolute Gasteiger partial charge is 0.462 e. The third-order valence-electron chi connectivity index (χ3n) is 5.87. The molecule has 0 aliphatic carbocycles. The van der Waals surface area contributed by atoms with Crippen LogP contribution in [0.25, 0.3) is 11.2 Å². The van der Waals surface area contributed by atoms with Crippen molar-refractivity contribution in [2.24, 2.45) is 0 Å². The lowest BCUT2D eigenvalue weighted by Gasteiger charge is -2.31. The molecule has 1 aliphatic rings. The number of nitrogen functional groups attached to an aromatic ring is 1. The molecule has 6 unspecified atom stereocenters. The summed E-state index contributed by atoms with van der Waals surface area (Å²) in [6, 6.07) is 6.62. The van der Waals surface area contributed by atoms with Gasteiger partial charge < -0.3 is 24.8 Å². The zero-order valence-electron chi connectivity index (χ0n) is 21.6. The summed E-state index contributed by atoms with van der Waals surface area (Å²) in [5, 5.41) is 13.1. The molecule has 0 radical (unpaired) electrons. The van der Waals surface area contributed by atoms with Crippen LogP contribution in [0.5, 0.6) is 5.75 Å². The molecule has 0 saturated carbocycles. The molecule has 2 aromatic heterocycles. The predicted octanol–water partition coefficient (Wildman–Crippen LogP) is 3.13. The number of nitrogens with one attached hydrogen (secondary N) is 1. The molecule has 3 aromatic rings. The van der Waals surface area contributed by atoms with Crippen LogP contribution in [0.1, 0.15) is 27.0 Å². The Labute approximate surface area is 232 Å². The molecule has 4 N–H and O–H groups in total. The Morgan fingerprint density at radius 3 is 2.67 bits per heavy atom. The predicted molar refractivity (Wildman–Crippen MR) is 139 cm³/mol. The monoisotopic (exact) mass is 604 g/mol. The van der Waals surface area contributed by atoms with Gasteiger partial charge in [-0.25, -0.2) is 18.3 Å². The number of anilines is 1. The van der Waals surface area contributed by atoms with E-state index in [2.05, 4.69) is 20.0 Å². The molecule has 1 aliphatic heterocycles. The second kappa shape index (κ2) is 11.9. The molecule has 1 aromatic carbocycles. The Hall–Kier alpha value is -2.94. The number of para-hydroxylation sites is 1. The van der Waals surface area contributed by atoms with E-state index in [0.29, 0.717) is 0 Å². The fourth-order valence-corrected chi connectivity index (χ4v) is 5.68. The number of carbonyl (C=O) groups is 1. The van der Waals surface area contributed by atoms with Gasteiger partial charge in [-0.3, -0.25) is 13.9 Å². The van der Waals surface area contributed by atoms with Gasteiger partial charge in [-0.05, 0) is 32.9 Å². The lowest BCUT2D eigenvalue weighted by molar-refractivity contribution is -0.149. The van der Waals surface area contributed by atoms with Gasteiger partial charge in [-0.2, -0.15) is 15.1 Å². The van der Waals surface area contributed by atoms with E-state index in [-0.39, 0.29) is 28.0 Å². The minimum atomic E-state index is -4.49. The van der Waals surface area contributed by atoms with Crippen LogP contribution in [0.15, 0.2) is 36.7 Å². The van der Waals surface area contributed by atoms with Gasteiger partial charge in [0.1, 0.15) is 30.1 Å². The fourth-order valence-electron chi connectivity index (χ4n) is 3.91. The highest BCUT2D eigenvalue weighted by atomic mass is 35.5. The number of hydrogen-bond acceptors (Lipinski definition) is 11. The van der Waals surface area contributed by atoms with Crippen LogP contribution < -0.4 is 15.3 Å². The minimum absolute atomic E-state index is 0.0230. The fraction of sp³-hybridized carbons (Fsp3) is 0.478. The van der Waals surface area contributed by atoms with Crippen LogP contribution in [0.4, 0.5) is 14.7 Å². The standard InChI is InChI=1S/C23H28ClF2N6O7P/c1-12(2)37-21(34)13(3)31-40(35,39-14-7-5-4-6-8-14)36-10-23(9-25)17(33)15(26)20(38-23)32-11-28-16-18(24)29-22(27)30-19(16)32/h4-8,11-13,15,17,20,33H,9-10H2,1-3H3,(H,31,35)(H2,27,29,30). The molecular formula is C23H28ClF2N6O7P. The minimum Gasteiger partial charge on any atom is -0.462 e. The molecule has 3 heterocycles. The maximum atomic E-state index is 15.4. The number of alkyl halides is 2. The van der Waals surface area contributed by atoms with Crippen LogP contribution >= 0.6 is 19.3 Å². The van der Waals surface area contributed by atoms with E-state index < -0.39 is 63.2 Å². The summed E-state index contributed by atoms with van der Waals surface area (Å²) in [5.74, 6) is -0.905. The maximum Gasteiger partial charge on any atom is 0.459 e. The average molecular weight is 605 g/mol. The van der Waals surface area contributed by atoms with Gasteiger partial charge in [0.25, 0.3) is 0 Å². The third-order valence-corrected chi connectivity index (χ3v) is 7.76. The molecule has 13 nitrogen and oxygen atoms in total. The van der Waals surface area contributed by atoms with Crippen molar-refractivity contribution in [2.75, 3.05) is 19.0 Å². The molecule has 6 atom stereocenters. The number of fused-ring (bicyclic) bond motifs is 1. The smallest absolute Gasteiger partial charge is 0.459 e. The first-order valence-corrected chi connectivity index (χ1v) is 14.0. The first-order valence-electron chi connectivity index (χ1n) is 12.1. The number of aliphatic hydroxyl groups excluding tert-OH is 1. The van der Waals surface area contributed by atoms with Gasteiger partial charge in [-0.15, -0.1) is 0 Å². The van der Waals surface area contributed by atoms with Crippen LogP contribution in [0, 0.1) is 0 Å². The number of esters is 1. The van der Waals surface area contributed by atoms with E-state index >= 15 is 4.39 Å². The van der Waals surface area contributed by atoms with Crippen molar-refractivity contribution in [3.63, 3.8) is 0 Å². The summed E-state index contributed by atoms with van der Waals surface area (Å²) in [5.41, 5.74) is 3.35. The number of rotatable bonds is 11. The summed E-state index contributed by atoms with van der Waals surface area (Å²) in [7, 11) is -4.49. The molecule has 0 spiro atoms. The third kappa shape index (κ3) is 6.19. The number of aromatic nitrogens is 4. The van der Waals surface area contributed by atoms with E-state index in [1.807, 2.05) is 0 Å². The highest BCUT2D eigenvalue weighted by Crippen LogP contribution is 2.48. The van der Waals surface area contributed by atoms with E-state index in [4.69, 9.17) is 35.9 Å². The lowest BCUT2D eigenvalue weighted by atomic mass is 9.98. The van der Waals surface area contributed by atoms with Crippen molar-refractivity contribution in [2.45, 2.75) is 57.0 Å². The second-order valence-electron chi connectivity index (χ2n) is 9.30. The highest BCUT2D eigenvalue weighted by molar-refractivity contribution is 7.52. The summed E-state index contributed by atoms with van der Waals surface area (Å²) in [6.07, 6.45) is -5.29. The van der Waals surface area contributed by atoms with Crippen LogP contribution in [0.2, 0.25) is 5.15 Å². The van der Waals surface area contributed by atoms with E-state index in [9.17, 15) is 18.9 Å². The molecule has 218 valence electrons. The molecule has 1 fully saturated rings. The van der Waals surface area contributed by atoms with E-state index in [1.54, 1.807) is 32.0 Å². The SMILES string of the molecule is CC(C)OC(=O)C(C)NP(=O)(OCC1(CF)OC(n2cnc3c(Cl)nc(N)nc32)C(F)C1O)Oc1ccccc1. The molecule has 40 heavy (non-hydrogen) atoms. The molecular weight excluding hydrogens is 577 g/mol. The second-order valence-corrected chi connectivity index (χ2v) is 11.4. The van der Waals surface area contributed by atoms with Crippen molar-refractivity contribution in [3.8, 4) is 5.75 Å². The summed E-state index contributed by atoms with van der Waals surface area (Å²) in [4.78, 5) is 24.1. The van der Waals surface area contributed by atoms with Gasteiger partial charge in [-0.1, -0.05) is 29.8 Å². The van der Waals surface area contributed by atoms with Crippen molar-refractivity contribution >= 4 is 42.4 Å². The number of nitrogens with zero attached hydrogens (tertiary/aromatic N) is 4. The maximum absolute atomic E-state index is 15.4. The number of ether oxygens (including phenoxy) is 2. The first kappa shape index (κ1) is 30.0. The van der Waals surface area contributed by atoms with Crippen molar-refractivity contribution in [3.05, 3.63) is 41.8 Å². The topological polar surface area (TPSA) is 173 Å². The zero-order chi connectivity index (χ0) is 29.2. The highest BCUT2D eigenvalue weighted by Gasteiger charge is 2.58. The quantitative estimate of drug-likeness (QED) is 0.166. The van der Waals surface area contributed by atoms with Crippen molar-refractivity contribution < 1.29 is 41.8 Å². The molecule has 4 rings (SSSR count). The Balaban J connectivity index is 1.60. The number of imidazole rings is 1. The Morgan fingerprint density at radius 2 is 2.02 bits per heavy atom. The Morgan fingerprint density at radius 1 is 1.32 bits per heavy atom. The molecule has 1 saturated heterocycles. The molecule has 0 bridgehead atoms. The van der Waals surface area contributed by atoms with Crippen molar-refractivity contribution in [1.82, 2.24) is 24.6 Å². The van der Waals surface area contributed by atoms with Crippen LogP contribution in [-0.4, -0.2) is 73.9 Å². The molecule has 0 amide bonds. The number of benzene rings is 1. The number of halogens is 3. The van der Waals surface area contributed by atoms with E-state index in [1.165, 1.54) is 19.1 Å². The summed E-state index contributed by atoms with van der Waals surface area (Å²) >= 11 is 6.03. The summed E-state index contributed by atoms with van der Waals surface area (Å²) < 4.78 is 66.6.